The maximum atomic E-state index is 13.4. The molecule has 0 saturated heterocycles. The second kappa shape index (κ2) is 9.61. The lowest BCUT2D eigenvalue weighted by Gasteiger charge is -2.22. The van der Waals surface area contributed by atoms with E-state index in [4.69, 9.17) is 9.72 Å². The quantitative estimate of drug-likeness (QED) is 0.471. The van der Waals surface area contributed by atoms with Crippen LogP contribution >= 0.6 is 23.1 Å². The summed E-state index contributed by atoms with van der Waals surface area (Å²) in [5, 5.41) is 0.732. The Hall–Kier alpha value is -2.09. The molecule has 0 saturated carbocycles. The molecule has 0 bridgehead atoms. The summed E-state index contributed by atoms with van der Waals surface area (Å²) >= 11 is 3.23. The number of aromatic nitrogens is 1. The van der Waals surface area contributed by atoms with Crippen LogP contribution in [0.1, 0.15) is 24.2 Å². The number of fused-ring (bicyclic) bond motifs is 1. The molecular weight excluding hydrogens is 402 g/mol. The number of amides is 1. The van der Waals surface area contributed by atoms with Gasteiger partial charge in [-0.05, 0) is 70.6 Å². The average molecular weight is 430 g/mol. The van der Waals surface area contributed by atoms with E-state index < -0.39 is 0 Å². The number of likely N-dealkylation sites (N-methyl/N-ethyl adjacent to an activating group) is 1. The van der Waals surface area contributed by atoms with Crippen molar-refractivity contribution < 1.29 is 9.53 Å². The van der Waals surface area contributed by atoms with Crippen LogP contribution in [0, 0.1) is 0 Å². The van der Waals surface area contributed by atoms with Crippen LogP contribution in [0.2, 0.25) is 0 Å². The summed E-state index contributed by atoms with van der Waals surface area (Å²) in [6.45, 7) is 5.30. The minimum absolute atomic E-state index is 0.0484. The van der Waals surface area contributed by atoms with Crippen LogP contribution in [-0.2, 0) is 0 Å². The summed E-state index contributed by atoms with van der Waals surface area (Å²) in [6.07, 6.45) is 2.14. The predicted molar refractivity (Wildman–Crippen MR) is 124 cm³/mol. The van der Waals surface area contributed by atoms with Crippen LogP contribution in [0.25, 0.3) is 10.2 Å². The molecule has 3 aromatic rings. The molecule has 0 spiro atoms. The van der Waals surface area contributed by atoms with Crippen molar-refractivity contribution >= 4 is 44.4 Å². The van der Waals surface area contributed by atoms with Crippen molar-refractivity contribution in [1.29, 1.82) is 0 Å². The number of carbonyl (C=O) groups excluding carboxylic acids is 1. The number of ether oxygens (including phenoxy) is 1. The minimum atomic E-state index is -0.0484. The first-order valence-corrected chi connectivity index (χ1v) is 11.6. The molecule has 0 fully saturated rings. The second-order valence-corrected chi connectivity index (χ2v) is 9.11. The Labute approximate surface area is 180 Å². The number of anilines is 1. The molecular formula is C22H27N3O2S2. The van der Waals surface area contributed by atoms with Gasteiger partial charge >= 0.3 is 0 Å². The van der Waals surface area contributed by atoms with Gasteiger partial charge < -0.3 is 9.64 Å². The molecule has 0 aliphatic heterocycles. The largest absolute Gasteiger partial charge is 0.491 e. The summed E-state index contributed by atoms with van der Waals surface area (Å²) in [5.74, 6) is 0.716. The monoisotopic (exact) mass is 429 g/mol. The zero-order chi connectivity index (χ0) is 21.0. The number of carbonyl (C=O) groups is 1. The molecule has 5 nitrogen and oxygen atoms in total. The zero-order valence-corrected chi connectivity index (χ0v) is 19.1. The smallest absolute Gasteiger partial charge is 0.260 e. The SMILES string of the molecule is CSc1cccc2sc(N(CCN(C)C)C(=O)c3ccc(OC(C)C)cc3)nc12. The van der Waals surface area contributed by atoms with Crippen molar-refractivity contribution in [3.63, 3.8) is 0 Å². The van der Waals surface area contributed by atoms with Crippen molar-refractivity contribution in [3.05, 3.63) is 48.0 Å². The third-order valence-corrected chi connectivity index (χ3v) is 6.12. The topological polar surface area (TPSA) is 45.7 Å². The third kappa shape index (κ3) is 5.29. The Bertz CT molecular complexity index is 968. The Morgan fingerprint density at radius 2 is 1.86 bits per heavy atom. The summed E-state index contributed by atoms with van der Waals surface area (Å²) in [7, 11) is 4.01. The molecule has 0 aliphatic rings. The molecule has 1 heterocycles. The first-order chi connectivity index (χ1) is 13.9. The minimum Gasteiger partial charge on any atom is -0.491 e. The lowest BCUT2D eigenvalue weighted by Crippen LogP contribution is -2.36. The number of nitrogens with zero attached hydrogens (tertiary/aromatic N) is 3. The fourth-order valence-corrected chi connectivity index (χ4v) is 4.52. The predicted octanol–water partition coefficient (Wildman–Crippen LogP) is 5.01. The summed E-state index contributed by atoms with van der Waals surface area (Å²) < 4.78 is 6.79. The van der Waals surface area contributed by atoms with Crippen LogP contribution in [0.3, 0.4) is 0 Å². The van der Waals surface area contributed by atoms with Crippen LogP contribution in [-0.4, -0.2) is 55.3 Å². The highest BCUT2D eigenvalue weighted by Gasteiger charge is 2.22. The maximum absolute atomic E-state index is 13.4. The standard InChI is InChI=1S/C22H27N3O2S2/c1-15(2)27-17-11-9-16(10-12-17)21(26)25(14-13-24(3)4)22-23-20-18(28-5)7-6-8-19(20)29-22/h6-12,15H,13-14H2,1-5H3. The zero-order valence-electron chi connectivity index (χ0n) is 17.5. The van der Waals surface area contributed by atoms with E-state index in [1.165, 1.54) is 0 Å². The first-order valence-electron chi connectivity index (χ1n) is 9.56. The third-order valence-electron chi connectivity index (χ3n) is 4.31. The molecule has 29 heavy (non-hydrogen) atoms. The van der Waals surface area contributed by atoms with Gasteiger partial charge in [-0.3, -0.25) is 9.69 Å². The van der Waals surface area contributed by atoms with Gasteiger partial charge in [0.2, 0.25) is 0 Å². The first kappa shape index (κ1) is 21.6. The number of thioether (sulfide) groups is 1. The maximum Gasteiger partial charge on any atom is 0.260 e. The highest BCUT2D eigenvalue weighted by Crippen LogP contribution is 2.34. The van der Waals surface area contributed by atoms with E-state index in [-0.39, 0.29) is 12.0 Å². The van der Waals surface area contributed by atoms with E-state index in [1.807, 2.05) is 64.5 Å². The van der Waals surface area contributed by atoms with Crippen molar-refractivity contribution in [2.24, 2.45) is 0 Å². The Kier molecular flexibility index (Phi) is 7.16. The Balaban J connectivity index is 1.93. The van der Waals surface area contributed by atoms with Gasteiger partial charge in [-0.25, -0.2) is 4.98 Å². The fraction of sp³-hybridized carbons (Fsp3) is 0.364. The van der Waals surface area contributed by atoms with E-state index in [0.29, 0.717) is 12.1 Å². The van der Waals surface area contributed by atoms with Crippen molar-refractivity contribution in [1.82, 2.24) is 9.88 Å². The van der Waals surface area contributed by atoms with Gasteiger partial charge in [0.25, 0.3) is 5.91 Å². The van der Waals surface area contributed by atoms with Gasteiger partial charge in [-0.2, -0.15) is 0 Å². The highest BCUT2D eigenvalue weighted by molar-refractivity contribution is 7.98. The summed E-state index contributed by atoms with van der Waals surface area (Å²) in [5.41, 5.74) is 1.59. The number of hydrogen-bond acceptors (Lipinski definition) is 6. The lowest BCUT2D eigenvalue weighted by atomic mass is 10.2. The van der Waals surface area contributed by atoms with Gasteiger partial charge in [-0.15, -0.1) is 11.8 Å². The van der Waals surface area contributed by atoms with E-state index >= 15 is 0 Å². The summed E-state index contributed by atoms with van der Waals surface area (Å²) in [6, 6.07) is 13.5. The molecule has 1 aromatic heterocycles. The van der Waals surface area contributed by atoms with Gasteiger partial charge in [0.05, 0.1) is 16.3 Å². The average Bonchev–Trinajstić information content (AvgIpc) is 3.11. The van der Waals surface area contributed by atoms with Gasteiger partial charge in [0, 0.05) is 23.5 Å². The molecule has 0 unspecified atom stereocenters. The van der Waals surface area contributed by atoms with E-state index in [0.717, 1.165) is 32.5 Å². The summed E-state index contributed by atoms with van der Waals surface area (Å²) in [4.78, 5) is 23.2. The van der Waals surface area contributed by atoms with E-state index in [9.17, 15) is 4.79 Å². The number of para-hydroxylation sites is 1. The van der Waals surface area contributed by atoms with Crippen LogP contribution in [0.15, 0.2) is 47.4 Å². The van der Waals surface area contributed by atoms with Crippen molar-refractivity contribution in [2.45, 2.75) is 24.8 Å². The molecule has 0 N–H and O–H groups in total. The van der Waals surface area contributed by atoms with Crippen molar-refractivity contribution in [2.75, 3.05) is 38.3 Å². The van der Waals surface area contributed by atoms with Crippen LogP contribution in [0.5, 0.6) is 5.75 Å². The number of thiazole rings is 1. The van der Waals surface area contributed by atoms with E-state index in [2.05, 4.69) is 17.0 Å². The van der Waals surface area contributed by atoms with Crippen LogP contribution in [0.4, 0.5) is 5.13 Å². The van der Waals surface area contributed by atoms with Crippen LogP contribution < -0.4 is 9.64 Å². The normalized spacial score (nSPS) is 11.4. The molecule has 154 valence electrons. The molecule has 2 aromatic carbocycles. The molecule has 0 radical (unpaired) electrons. The van der Waals surface area contributed by atoms with Gasteiger partial charge in [0.1, 0.15) is 5.75 Å². The van der Waals surface area contributed by atoms with E-state index in [1.54, 1.807) is 28.0 Å². The van der Waals surface area contributed by atoms with Gasteiger partial charge in [-0.1, -0.05) is 17.4 Å². The number of hydrogen-bond donors (Lipinski definition) is 0. The Morgan fingerprint density at radius 3 is 2.48 bits per heavy atom. The van der Waals surface area contributed by atoms with Gasteiger partial charge in [0.15, 0.2) is 5.13 Å². The number of rotatable bonds is 8. The molecule has 0 atom stereocenters. The molecule has 3 rings (SSSR count). The number of benzene rings is 2. The molecule has 0 aliphatic carbocycles. The van der Waals surface area contributed by atoms with Crippen molar-refractivity contribution in [3.8, 4) is 5.75 Å². The molecule has 1 amide bonds. The Morgan fingerprint density at radius 1 is 1.14 bits per heavy atom. The molecule has 7 heteroatoms. The second-order valence-electron chi connectivity index (χ2n) is 7.25. The lowest BCUT2D eigenvalue weighted by molar-refractivity contribution is 0.0985. The highest BCUT2D eigenvalue weighted by atomic mass is 32.2. The fourth-order valence-electron chi connectivity index (χ4n) is 2.88.